The molecular formula is C8H12F3N3S. The second kappa shape index (κ2) is 4.87. The van der Waals surface area contributed by atoms with Crippen LogP contribution in [-0.2, 0) is 6.42 Å². The van der Waals surface area contributed by atoms with Crippen molar-refractivity contribution in [1.29, 1.82) is 0 Å². The molecule has 7 heteroatoms. The summed E-state index contributed by atoms with van der Waals surface area (Å²) in [6, 6.07) is 0. The molecule has 0 bridgehead atoms. The van der Waals surface area contributed by atoms with Gasteiger partial charge in [-0.25, -0.2) is 4.98 Å². The first-order chi connectivity index (χ1) is 6.93. The van der Waals surface area contributed by atoms with Crippen LogP contribution in [0, 0.1) is 0 Å². The zero-order chi connectivity index (χ0) is 11.5. The van der Waals surface area contributed by atoms with Crippen LogP contribution in [0.15, 0.2) is 5.16 Å². The average molecular weight is 239 g/mol. The Kier molecular flexibility index (Phi) is 4.01. The van der Waals surface area contributed by atoms with Crippen molar-refractivity contribution in [2.24, 2.45) is 0 Å². The van der Waals surface area contributed by atoms with E-state index in [9.17, 15) is 13.2 Å². The second-order valence-corrected chi connectivity index (χ2v) is 4.42. The summed E-state index contributed by atoms with van der Waals surface area (Å²) in [5, 5.41) is 5.00. The van der Waals surface area contributed by atoms with E-state index in [-0.39, 0.29) is 5.16 Å². The zero-order valence-electron chi connectivity index (χ0n) is 8.43. The molecule has 0 fully saturated rings. The van der Waals surface area contributed by atoms with Crippen LogP contribution in [0.5, 0.6) is 0 Å². The van der Waals surface area contributed by atoms with Crippen molar-refractivity contribution >= 4 is 11.8 Å². The minimum absolute atomic E-state index is 0.156. The highest BCUT2D eigenvalue weighted by Crippen LogP contribution is 2.32. The highest BCUT2D eigenvalue weighted by molar-refractivity contribution is 7.99. The van der Waals surface area contributed by atoms with Crippen molar-refractivity contribution in [3.63, 3.8) is 0 Å². The molecule has 0 spiro atoms. The third-order valence-electron chi connectivity index (χ3n) is 1.74. The van der Waals surface area contributed by atoms with Crippen LogP contribution in [0.2, 0.25) is 0 Å². The maximum atomic E-state index is 12.2. The van der Waals surface area contributed by atoms with Crippen LogP contribution in [-0.4, -0.2) is 26.6 Å². The lowest BCUT2D eigenvalue weighted by Crippen LogP contribution is -2.22. The Morgan fingerprint density at radius 1 is 1.47 bits per heavy atom. The minimum Gasteiger partial charge on any atom is -0.262 e. The Hall–Kier alpha value is -0.720. The van der Waals surface area contributed by atoms with E-state index >= 15 is 0 Å². The summed E-state index contributed by atoms with van der Waals surface area (Å²) in [4.78, 5) is 3.95. The number of rotatable bonds is 4. The van der Waals surface area contributed by atoms with E-state index in [1.54, 1.807) is 0 Å². The standard InChI is InChI=1S/C8H12F3N3S/c1-3-4-6-12-7(14-13-6)15-5(2)8(9,10)11/h5H,3-4H2,1-2H3,(H,12,13,14). The Labute approximate surface area is 89.9 Å². The van der Waals surface area contributed by atoms with Crippen LogP contribution in [0.4, 0.5) is 13.2 Å². The molecule has 1 atom stereocenters. The summed E-state index contributed by atoms with van der Waals surface area (Å²) in [7, 11) is 0. The van der Waals surface area contributed by atoms with Crippen molar-refractivity contribution in [3.8, 4) is 0 Å². The number of halogens is 3. The summed E-state index contributed by atoms with van der Waals surface area (Å²) in [6.45, 7) is 3.06. The second-order valence-electron chi connectivity index (χ2n) is 3.12. The van der Waals surface area contributed by atoms with E-state index in [4.69, 9.17) is 0 Å². The summed E-state index contributed by atoms with van der Waals surface area (Å²) >= 11 is 0.619. The fourth-order valence-electron chi connectivity index (χ4n) is 0.904. The summed E-state index contributed by atoms with van der Waals surface area (Å²) < 4.78 is 36.6. The van der Waals surface area contributed by atoms with Crippen LogP contribution < -0.4 is 0 Å². The normalized spacial score (nSPS) is 14.2. The van der Waals surface area contributed by atoms with Gasteiger partial charge >= 0.3 is 6.18 Å². The van der Waals surface area contributed by atoms with Gasteiger partial charge in [-0.2, -0.15) is 13.2 Å². The largest absolute Gasteiger partial charge is 0.400 e. The maximum Gasteiger partial charge on any atom is 0.400 e. The van der Waals surface area contributed by atoms with Gasteiger partial charge in [-0.1, -0.05) is 18.7 Å². The highest BCUT2D eigenvalue weighted by atomic mass is 32.2. The van der Waals surface area contributed by atoms with Crippen molar-refractivity contribution < 1.29 is 13.2 Å². The smallest absolute Gasteiger partial charge is 0.262 e. The lowest BCUT2D eigenvalue weighted by molar-refractivity contribution is -0.125. The predicted octanol–water partition coefficient (Wildman–Crippen LogP) is 2.80. The monoisotopic (exact) mass is 239 g/mol. The van der Waals surface area contributed by atoms with Crippen LogP contribution in [0.3, 0.4) is 0 Å². The van der Waals surface area contributed by atoms with E-state index in [1.807, 2.05) is 6.92 Å². The van der Waals surface area contributed by atoms with Gasteiger partial charge in [0.15, 0.2) is 0 Å². The molecule has 1 heterocycles. The van der Waals surface area contributed by atoms with Gasteiger partial charge in [0.25, 0.3) is 0 Å². The average Bonchev–Trinajstić information content (AvgIpc) is 2.51. The number of aromatic amines is 1. The van der Waals surface area contributed by atoms with Gasteiger partial charge in [-0.05, 0) is 13.3 Å². The molecule has 15 heavy (non-hydrogen) atoms. The van der Waals surface area contributed by atoms with Gasteiger partial charge in [-0.3, -0.25) is 5.10 Å². The lowest BCUT2D eigenvalue weighted by atomic mass is 10.3. The van der Waals surface area contributed by atoms with Gasteiger partial charge in [0.2, 0.25) is 5.16 Å². The van der Waals surface area contributed by atoms with Crippen LogP contribution in [0.1, 0.15) is 26.1 Å². The molecule has 86 valence electrons. The van der Waals surface area contributed by atoms with Crippen molar-refractivity contribution in [3.05, 3.63) is 5.82 Å². The van der Waals surface area contributed by atoms with E-state index in [0.29, 0.717) is 24.0 Å². The van der Waals surface area contributed by atoms with Crippen LogP contribution in [0.25, 0.3) is 0 Å². The maximum absolute atomic E-state index is 12.2. The number of H-pyrrole nitrogens is 1. The van der Waals surface area contributed by atoms with Crippen LogP contribution >= 0.6 is 11.8 Å². The number of hydrogen-bond acceptors (Lipinski definition) is 3. The number of thioether (sulfide) groups is 1. The topological polar surface area (TPSA) is 41.6 Å². The molecule has 0 saturated heterocycles. The molecule has 1 aromatic rings. The van der Waals surface area contributed by atoms with Gasteiger partial charge in [0.1, 0.15) is 11.1 Å². The first-order valence-electron chi connectivity index (χ1n) is 4.58. The van der Waals surface area contributed by atoms with Crippen molar-refractivity contribution in [1.82, 2.24) is 15.2 Å². The van der Waals surface area contributed by atoms with E-state index in [0.717, 1.165) is 13.3 Å². The number of nitrogens with zero attached hydrogens (tertiary/aromatic N) is 2. The Bertz CT molecular complexity index is 310. The molecule has 1 N–H and O–H groups in total. The minimum atomic E-state index is -4.21. The fraction of sp³-hybridized carbons (Fsp3) is 0.750. The van der Waals surface area contributed by atoms with Gasteiger partial charge in [0, 0.05) is 6.42 Å². The van der Waals surface area contributed by atoms with Gasteiger partial charge in [-0.15, -0.1) is 5.10 Å². The van der Waals surface area contributed by atoms with E-state index in [2.05, 4.69) is 15.2 Å². The molecular weight excluding hydrogens is 227 g/mol. The molecule has 0 saturated carbocycles. The number of aryl methyl sites for hydroxylation is 1. The zero-order valence-corrected chi connectivity index (χ0v) is 9.24. The molecule has 1 unspecified atom stereocenters. The number of aromatic nitrogens is 3. The number of hydrogen-bond donors (Lipinski definition) is 1. The first kappa shape index (κ1) is 12.4. The highest BCUT2D eigenvalue weighted by Gasteiger charge is 2.37. The van der Waals surface area contributed by atoms with Crippen molar-refractivity contribution in [2.75, 3.05) is 0 Å². The number of nitrogens with one attached hydrogen (secondary N) is 1. The summed E-state index contributed by atoms with van der Waals surface area (Å²) in [5.74, 6) is 0.634. The van der Waals surface area contributed by atoms with E-state index < -0.39 is 11.4 Å². The summed E-state index contributed by atoms with van der Waals surface area (Å²) in [5.41, 5.74) is 0. The van der Waals surface area contributed by atoms with Gasteiger partial charge < -0.3 is 0 Å². The predicted molar refractivity (Wildman–Crippen MR) is 51.8 cm³/mol. The Morgan fingerprint density at radius 2 is 2.13 bits per heavy atom. The third-order valence-corrected chi connectivity index (χ3v) is 2.76. The number of alkyl halides is 3. The molecule has 0 radical (unpaired) electrons. The first-order valence-corrected chi connectivity index (χ1v) is 5.46. The Balaban J connectivity index is 2.57. The quantitative estimate of drug-likeness (QED) is 0.821. The molecule has 0 aliphatic heterocycles. The molecule has 3 nitrogen and oxygen atoms in total. The molecule has 1 rings (SSSR count). The molecule has 0 aliphatic carbocycles. The van der Waals surface area contributed by atoms with E-state index in [1.165, 1.54) is 0 Å². The SMILES string of the molecule is CCCc1nc(SC(C)C(F)(F)F)n[nH]1. The third kappa shape index (κ3) is 3.73. The molecule has 0 aliphatic rings. The summed E-state index contributed by atoms with van der Waals surface area (Å²) in [6.07, 6.45) is -2.63. The Morgan fingerprint density at radius 3 is 2.67 bits per heavy atom. The van der Waals surface area contributed by atoms with Crippen molar-refractivity contribution in [2.45, 2.75) is 43.3 Å². The molecule has 0 amide bonds. The van der Waals surface area contributed by atoms with Gasteiger partial charge in [0.05, 0.1) is 0 Å². The lowest BCUT2D eigenvalue weighted by Gasteiger charge is -2.12. The molecule has 1 aromatic heterocycles. The fourth-order valence-corrected chi connectivity index (χ4v) is 1.62. The molecule has 0 aromatic carbocycles.